The van der Waals surface area contributed by atoms with Crippen molar-refractivity contribution in [1.82, 2.24) is 15.1 Å². The number of nitrogens with zero attached hydrogens (tertiary/aromatic N) is 2. The first-order valence-corrected chi connectivity index (χ1v) is 7.51. The standard InChI is InChI=1S/C16H25N3O/c1-18(2)14-11-20-12-15-16(14)17-8-9-19(15)10-13-6-4-3-5-7-13/h3-7,14-17H,8-12H2,1-2H3/t14?,15?,16-/m1/s1. The number of ether oxygens (including phenoxy) is 1. The Hall–Kier alpha value is -0.940. The normalized spacial score (nSPS) is 31.2. The number of benzene rings is 1. The van der Waals surface area contributed by atoms with E-state index in [2.05, 4.69) is 59.5 Å². The van der Waals surface area contributed by atoms with Crippen LogP contribution in [0.25, 0.3) is 0 Å². The minimum absolute atomic E-state index is 0.465. The van der Waals surface area contributed by atoms with Crippen LogP contribution in [0.15, 0.2) is 30.3 Å². The van der Waals surface area contributed by atoms with Gasteiger partial charge < -0.3 is 15.0 Å². The predicted molar refractivity (Wildman–Crippen MR) is 80.7 cm³/mol. The Morgan fingerprint density at radius 3 is 2.80 bits per heavy atom. The second-order valence-electron chi connectivity index (χ2n) is 6.07. The average Bonchev–Trinajstić information content (AvgIpc) is 2.48. The molecule has 110 valence electrons. The fourth-order valence-corrected chi connectivity index (χ4v) is 3.40. The van der Waals surface area contributed by atoms with Gasteiger partial charge in [0.25, 0.3) is 0 Å². The second kappa shape index (κ2) is 6.22. The highest BCUT2D eigenvalue weighted by molar-refractivity contribution is 5.15. The average molecular weight is 275 g/mol. The maximum Gasteiger partial charge on any atom is 0.0638 e. The summed E-state index contributed by atoms with van der Waals surface area (Å²) in [6.07, 6.45) is 0. The lowest BCUT2D eigenvalue weighted by atomic mass is 9.93. The third kappa shape index (κ3) is 2.88. The van der Waals surface area contributed by atoms with Crippen LogP contribution in [0, 0.1) is 0 Å². The highest BCUT2D eigenvalue weighted by atomic mass is 16.5. The van der Waals surface area contributed by atoms with Crippen molar-refractivity contribution < 1.29 is 4.74 Å². The number of rotatable bonds is 3. The van der Waals surface area contributed by atoms with Crippen LogP contribution < -0.4 is 5.32 Å². The van der Waals surface area contributed by atoms with Crippen molar-refractivity contribution in [2.24, 2.45) is 0 Å². The van der Waals surface area contributed by atoms with Crippen LogP contribution in [0.4, 0.5) is 0 Å². The minimum atomic E-state index is 0.465. The largest absolute Gasteiger partial charge is 0.378 e. The Bertz CT molecular complexity index is 423. The quantitative estimate of drug-likeness (QED) is 0.883. The summed E-state index contributed by atoms with van der Waals surface area (Å²) in [6.45, 7) is 4.86. The van der Waals surface area contributed by atoms with Gasteiger partial charge in [-0.3, -0.25) is 4.90 Å². The highest BCUT2D eigenvalue weighted by Gasteiger charge is 2.40. The summed E-state index contributed by atoms with van der Waals surface area (Å²) >= 11 is 0. The van der Waals surface area contributed by atoms with Gasteiger partial charge in [0.1, 0.15) is 0 Å². The van der Waals surface area contributed by atoms with E-state index >= 15 is 0 Å². The van der Waals surface area contributed by atoms with Crippen LogP contribution in [0.1, 0.15) is 5.56 Å². The lowest BCUT2D eigenvalue weighted by molar-refractivity contribution is -0.0631. The molecule has 2 aliphatic heterocycles. The number of nitrogens with one attached hydrogen (secondary N) is 1. The van der Waals surface area contributed by atoms with Crippen LogP contribution in [0.5, 0.6) is 0 Å². The van der Waals surface area contributed by atoms with E-state index in [0.29, 0.717) is 18.1 Å². The fourth-order valence-electron chi connectivity index (χ4n) is 3.40. The highest BCUT2D eigenvalue weighted by Crippen LogP contribution is 2.22. The summed E-state index contributed by atoms with van der Waals surface area (Å²) in [7, 11) is 4.29. The van der Waals surface area contributed by atoms with Gasteiger partial charge in [-0.15, -0.1) is 0 Å². The van der Waals surface area contributed by atoms with E-state index in [4.69, 9.17) is 4.74 Å². The molecule has 0 radical (unpaired) electrons. The van der Waals surface area contributed by atoms with E-state index in [1.807, 2.05) is 0 Å². The smallest absolute Gasteiger partial charge is 0.0638 e. The van der Waals surface area contributed by atoms with Crippen LogP contribution in [-0.2, 0) is 11.3 Å². The first-order valence-electron chi connectivity index (χ1n) is 7.51. The summed E-state index contributed by atoms with van der Waals surface area (Å²) in [4.78, 5) is 4.86. The predicted octanol–water partition coefficient (Wildman–Crippen LogP) is 0.789. The van der Waals surface area contributed by atoms with Gasteiger partial charge in [-0.2, -0.15) is 0 Å². The van der Waals surface area contributed by atoms with Crippen LogP contribution in [0.3, 0.4) is 0 Å². The number of hydrogen-bond donors (Lipinski definition) is 1. The zero-order chi connectivity index (χ0) is 13.9. The van der Waals surface area contributed by atoms with Gasteiger partial charge in [0, 0.05) is 31.7 Å². The molecule has 0 amide bonds. The molecule has 2 saturated heterocycles. The molecule has 1 aromatic carbocycles. The third-order valence-corrected chi connectivity index (χ3v) is 4.55. The van der Waals surface area contributed by atoms with Gasteiger partial charge >= 0.3 is 0 Å². The van der Waals surface area contributed by atoms with Crippen molar-refractivity contribution in [2.75, 3.05) is 40.4 Å². The van der Waals surface area contributed by atoms with Gasteiger partial charge in [-0.05, 0) is 19.7 Å². The van der Waals surface area contributed by atoms with E-state index < -0.39 is 0 Å². The molecule has 0 saturated carbocycles. The van der Waals surface area contributed by atoms with Crippen LogP contribution in [0.2, 0.25) is 0 Å². The molecule has 2 fully saturated rings. The molecule has 3 rings (SSSR count). The molecule has 1 aromatic rings. The number of likely N-dealkylation sites (N-methyl/N-ethyl adjacent to an activating group) is 1. The minimum Gasteiger partial charge on any atom is -0.378 e. The van der Waals surface area contributed by atoms with E-state index in [-0.39, 0.29) is 0 Å². The monoisotopic (exact) mass is 275 g/mol. The van der Waals surface area contributed by atoms with Crippen molar-refractivity contribution in [3.8, 4) is 0 Å². The summed E-state index contributed by atoms with van der Waals surface area (Å²) in [5.41, 5.74) is 1.39. The molecule has 1 N–H and O–H groups in total. The van der Waals surface area contributed by atoms with Gasteiger partial charge in [-0.25, -0.2) is 0 Å². The van der Waals surface area contributed by atoms with Crippen LogP contribution in [-0.4, -0.2) is 68.3 Å². The topological polar surface area (TPSA) is 27.7 Å². The van der Waals surface area contributed by atoms with Gasteiger partial charge in [0.15, 0.2) is 0 Å². The van der Waals surface area contributed by atoms with Crippen molar-refractivity contribution in [2.45, 2.75) is 24.7 Å². The summed E-state index contributed by atoms with van der Waals surface area (Å²) in [6, 6.07) is 12.2. The lowest BCUT2D eigenvalue weighted by Crippen LogP contribution is -2.68. The Labute approximate surface area is 121 Å². The number of hydrogen-bond acceptors (Lipinski definition) is 4. The molecule has 2 heterocycles. The van der Waals surface area contributed by atoms with Crippen molar-refractivity contribution >= 4 is 0 Å². The molecule has 20 heavy (non-hydrogen) atoms. The molecule has 0 aliphatic carbocycles. The van der Waals surface area contributed by atoms with Crippen molar-refractivity contribution in [3.63, 3.8) is 0 Å². The summed E-state index contributed by atoms with van der Waals surface area (Å²) < 4.78 is 5.86. The summed E-state index contributed by atoms with van der Waals surface area (Å²) in [5.74, 6) is 0. The third-order valence-electron chi connectivity index (χ3n) is 4.55. The number of piperazine rings is 1. The van der Waals surface area contributed by atoms with E-state index in [9.17, 15) is 0 Å². The Kier molecular flexibility index (Phi) is 4.36. The molecule has 0 aromatic heterocycles. The molecular weight excluding hydrogens is 250 g/mol. The first-order chi connectivity index (χ1) is 9.75. The zero-order valence-corrected chi connectivity index (χ0v) is 12.5. The van der Waals surface area contributed by atoms with Crippen molar-refractivity contribution in [3.05, 3.63) is 35.9 Å². The van der Waals surface area contributed by atoms with Gasteiger partial charge in [0.2, 0.25) is 0 Å². The molecular formula is C16H25N3O. The molecule has 0 spiro atoms. The molecule has 2 unspecified atom stereocenters. The van der Waals surface area contributed by atoms with Gasteiger partial charge in [-0.1, -0.05) is 30.3 Å². The lowest BCUT2D eigenvalue weighted by Gasteiger charge is -2.49. The maximum absolute atomic E-state index is 5.86. The van der Waals surface area contributed by atoms with E-state index in [0.717, 1.165) is 32.8 Å². The fraction of sp³-hybridized carbons (Fsp3) is 0.625. The SMILES string of the molecule is CN(C)C1COCC2[C@@H]1NCCN2Cc1ccccc1. The first kappa shape index (κ1) is 14.0. The number of fused-ring (bicyclic) bond motifs is 1. The van der Waals surface area contributed by atoms with Gasteiger partial charge in [0.05, 0.1) is 19.3 Å². The molecule has 3 atom stereocenters. The van der Waals surface area contributed by atoms with E-state index in [1.54, 1.807) is 0 Å². The molecule has 2 aliphatic rings. The van der Waals surface area contributed by atoms with Crippen LogP contribution >= 0.6 is 0 Å². The molecule has 4 heteroatoms. The second-order valence-corrected chi connectivity index (χ2v) is 6.07. The summed E-state index contributed by atoms with van der Waals surface area (Å²) in [5, 5.41) is 3.70. The Morgan fingerprint density at radius 1 is 1.25 bits per heavy atom. The van der Waals surface area contributed by atoms with Crippen molar-refractivity contribution in [1.29, 1.82) is 0 Å². The molecule has 4 nitrogen and oxygen atoms in total. The Balaban J connectivity index is 1.72. The molecule has 0 bridgehead atoms. The Morgan fingerprint density at radius 2 is 2.05 bits per heavy atom. The maximum atomic E-state index is 5.86. The zero-order valence-electron chi connectivity index (χ0n) is 12.5. The van der Waals surface area contributed by atoms with E-state index in [1.165, 1.54) is 5.56 Å².